The van der Waals surface area contributed by atoms with Crippen LogP contribution in [0.2, 0.25) is 0 Å². The Balaban J connectivity index is 1.93. The fourth-order valence-electron chi connectivity index (χ4n) is 4.80. The highest BCUT2D eigenvalue weighted by molar-refractivity contribution is 5.78. The highest BCUT2D eigenvalue weighted by atomic mass is 19.4. The quantitative estimate of drug-likeness (QED) is 0.397. The van der Waals surface area contributed by atoms with Crippen molar-refractivity contribution in [3.05, 3.63) is 70.0 Å². The van der Waals surface area contributed by atoms with Crippen LogP contribution in [0.25, 0.3) is 0 Å². The van der Waals surface area contributed by atoms with Crippen LogP contribution in [0, 0.1) is 12.7 Å². The van der Waals surface area contributed by atoms with E-state index in [0.29, 0.717) is 23.3 Å². The van der Waals surface area contributed by atoms with E-state index in [2.05, 4.69) is 0 Å². The molecule has 1 heterocycles. The molecule has 3 rings (SSSR count). The molecule has 3 amide bonds. The topological polar surface area (TPSA) is 43.9 Å². The molecule has 2 unspecified atom stereocenters. The van der Waals surface area contributed by atoms with Crippen molar-refractivity contribution in [2.45, 2.75) is 50.7 Å². The number of piperidine rings is 1. The molecule has 1 fully saturated rings. The summed E-state index contributed by atoms with van der Waals surface area (Å²) in [5.41, 5.74) is -2.31. The SMILES string of the molecule is Cc1cc(F)ccc1C1CC(N(C)C(=O)CF)CCN1C(=O)N(C)Cc1cc(C(F)(F)F)cc(C(F)(F)F)c1. The number of rotatable bonds is 5. The molecule has 2 atom stereocenters. The van der Waals surface area contributed by atoms with Gasteiger partial charge in [0.05, 0.1) is 17.2 Å². The van der Waals surface area contributed by atoms with E-state index in [4.69, 9.17) is 0 Å². The summed E-state index contributed by atoms with van der Waals surface area (Å²) in [6.45, 7) is -0.0988. The molecule has 1 aliphatic heterocycles. The van der Waals surface area contributed by atoms with Gasteiger partial charge in [0.25, 0.3) is 5.91 Å². The Bertz CT molecular complexity index is 1180. The minimum atomic E-state index is -5.03. The minimum absolute atomic E-state index is 0.0126. The predicted molar refractivity (Wildman–Crippen MR) is 126 cm³/mol. The molecule has 2 aromatic rings. The van der Waals surface area contributed by atoms with Gasteiger partial charge in [0.1, 0.15) is 5.82 Å². The molecular formula is C26H27F8N3O2. The van der Waals surface area contributed by atoms with Gasteiger partial charge in [0.2, 0.25) is 0 Å². The number of urea groups is 1. The van der Waals surface area contributed by atoms with E-state index >= 15 is 0 Å². The lowest BCUT2D eigenvalue weighted by Gasteiger charge is -2.44. The van der Waals surface area contributed by atoms with Crippen molar-refractivity contribution >= 4 is 11.9 Å². The third-order valence-corrected chi connectivity index (χ3v) is 6.86. The molecule has 0 radical (unpaired) electrons. The van der Waals surface area contributed by atoms with Crippen LogP contribution in [-0.2, 0) is 23.7 Å². The van der Waals surface area contributed by atoms with Crippen LogP contribution in [0.5, 0.6) is 0 Å². The summed E-state index contributed by atoms with van der Waals surface area (Å²) in [4.78, 5) is 29.0. The number of nitrogens with zero attached hydrogens (tertiary/aromatic N) is 3. The molecule has 2 aromatic carbocycles. The number of amides is 3. The number of carbonyl (C=O) groups is 2. The van der Waals surface area contributed by atoms with Crippen molar-refractivity contribution in [3.8, 4) is 0 Å². The Labute approximate surface area is 220 Å². The normalized spacial score (nSPS) is 18.2. The van der Waals surface area contributed by atoms with E-state index in [1.54, 1.807) is 6.92 Å². The zero-order valence-electron chi connectivity index (χ0n) is 21.3. The molecule has 0 aromatic heterocycles. The van der Waals surface area contributed by atoms with Gasteiger partial charge in [-0.15, -0.1) is 0 Å². The number of alkyl halides is 7. The summed E-state index contributed by atoms with van der Waals surface area (Å²) in [6.07, 6.45) is -9.65. The number of halogens is 8. The summed E-state index contributed by atoms with van der Waals surface area (Å²) in [5, 5.41) is 0. The first-order valence-electron chi connectivity index (χ1n) is 11.9. The number of carbonyl (C=O) groups excluding carboxylic acids is 2. The van der Waals surface area contributed by atoms with Gasteiger partial charge in [-0.1, -0.05) is 6.07 Å². The van der Waals surface area contributed by atoms with Crippen LogP contribution < -0.4 is 0 Å². The molecule has 0 saturated carbocycles. The molecule has 0 spiro atoms. The second-order valence-corrected chi connectivity index (χ2v) is 9.58. The Hall–Kier alpha value is -3.38. The van der Waals surface area contributed by atoms with Crippen LogP contribution in [0.3, 0.4) is 0 Å². The lowest BCUT2D eigenvalue weighted by molar-refractivity contribution is -0.143. The second-order valence-electron chi connectivity index (χ2n) is 9.58. The van der Waals surface area contributed by atoms with Crippen molar-refractivity contribution in [2.75, 3.05) is 27.3 Å². The summed E-state index contributed by atoms with van der Waals surface area (Å²) >= 11 is 0. The maximum Gasteiger partial charge on any atom is 0.416 e. The monoisotopic (exact) mass is 565 g/mol. The van der Waals surface area contributed by atoms with Crippen LogP contribution in [-0.4, -0.2) is 60.0 Å². The molecule has 214 valence electrons. The largest absolute Gasteiger partial charge is 0.416 e. The van der Waals surface area contributed by atoms with E-state index in [0.717, 1.165) is 4.90 Å². The molecular weight excluding hydrogens is 538 g/mol. The fourth-order valence-corrected chi connectivity index (χ4v) is 4.80. The lowest BCUT2D eigenvalue weighted by atomic mass is 9.89. The molecule has 0 aliphatic carbocycles. The molecule has 39 heavy (non-hydrogen) atoms. The standard InChI is InChI=1S/C26H27F8N3O2/c1-15-8-19(28)4-5-21(15)22-12-20(36(3)23(38)13-27)6-7-37(22)24(39)35(2)14-16-9-17(25(29,30)31)11-18(10-16)26(32,33)34/h4-5,8-11,20,22H,6-7,12-14H2,1-3H3. The van der Waals surface area contributed by atoms with Crippen LogP contribution in [0.4, 0.5) is 39.9 Å². The number of hydrogen-bond acceptors (Lipinski definition) is 2. The van der Waals surface area contributed by atoms with Gasteiger partial charge in [-0.05, 0) is 66.8 Å². The van der Waals surface area contributed by atoms with Crippen molar-refractivity contribution in [3.63, 3.8) is 0 Å². The number of likely N-dealkylation sites (tertiary alicyclic amines) is 1. The fraction of sp³-hybridized carbons (Fsp3) is 0.462. The van der Waals surface area contributed by atoms with E-state index in [9.17, 15) is 44.7 Å². The number of benzene rings is 2. The van der Waals surface area contributed by atoms with Crippen molar-refractivity contribution in [1.82, 2.24) is 14.7 Å². The molecule has 1 saturated heterocycles. The van der Waals surface area contributed by atoms with Crippen LogP contribution in [0.1, 0.15) is 46.7 Å². The highest BCUT2D eigenvalue weighted by Crippen LogP contribution is 2.38. The van der Waals surface area contributed by atoms with Crippen molar-refractivity contribution in [1.29, 1.82) is 0 Å². The summed E-state index contributed by atoms with van der Waals surface area (Å²) in [5.74, 6) is -1.27. The Morgan fingerprint density at radius 1 is 0.974 bits per heavy atom. The average Bonchev–Trinajstić information content (AvgIpc) is 2.85. The second kappa shape index (κ2) is 11.4. The van der Waals surface area contributed by atoms with Crippen molar-refractivity contribution in [2.24, 2.45) is 0 Å². The molecule has 5 nitrogen and oxygen atoms in total. The highest BCUT2D eigenvalue weighted by Gasteiger charge is 2.39. The minimum Gasteiger partial charge on any atom is -0.340 e. The maximum atomic E-state index is 13.8. The van der Waals surface area contributed by atoms with Gasteiger partial charge < -0.3 is 14.7 Å². The summed E-state index contributed by atoms with van der Waals surface area (Å²) < 4.78 is 106. The number of hydrogen-bond donors (Lipinski definition) is 0. The van der Waals surface area contributed by atoms with E-state index in [1.165, 1.54) is 42.1 Å². The Kier molecular flexibility index (Phi) is 8.81. The van der Waals surface area contributed by atoms with Gasteiger partial charge in [0.15, 0.2) is 6.67 Å². The first-order valence-corrected chi connectivity index (χ1v) is 11.9. The molecule has 1 aliphatic rings. The smallest absolute Gasteiger partial charge is 0.340 e. The van der Waals surface area contributed by atoms with E-state index in [-0.39, 0.29) is 31.0 Å². The Morgan fingerprint density at radius 3 is 2.08 bits per heavy atom. The summed E-state index contributed by atoms with van der Waals surface area (Å²) in [6, 6.07) is 3.17. The van der Waals surface area contributed by atoms with Gasteiger partial charge in [-0.3, -0.25) is 4.79 Å². The van der Waals surface area contributed by atoms with Crippen LogP contribution >= 0.6 is 0 Å². The van der Waals surface area contributed by atoms with Gasteiger partial charge in [-0.2, -0.15) is 26.3 Å². The van der Waals surface area contributed by atoms with E-state index < -0.39 is 66.5 Å². The first-order chi connectivity index (χ1) is 18.0. The Morgan fingerprint density at radius 2 is 1.56 bits per heavy atom. The average molecular weight is 566 g/mol. The van der Waals surface area contributed by atoms with E-state index in [1.807, 2.05) is 0 Å². The number of aryl methyl sites for hydroxylation is 1. The maximum absolute atomic E-state index is 13.8. The van der Waals surface area contributed by atoms with Crippen molar-refractivity contribution < 1.29 is 44.7 Å². The van der Waals surface area contributed by atoms with Gasteiger partial charge >= 0.3 is 18.4 Å². The zero-order chi connectivity index (χ0) is 29.3. The van der Waals surface area contributed by atoms with Gasteiger partial charge in [-0.25, -0.2) is 13.6 Å². The molecule has 0 bridgehead atoms. The van der Waals surface area contributed by atoms with Crippen LogP contribution in [0.15, 0.2) is 36.4 Å². The summed E-state index contributed by atoms with van der Waals surface area (Å²) in [7, 11) is 2.67. The zero-order valence-corrected chi connectivity index (χ0v) is 21.3. The predicted octanol–water partition coefficient (Wildman–Crippen LogP) is 6.36. The lowest BCUT2D eigenvalue weighted by Crippen LogP contribution is -2.51. The third-order valence-electron chi connectivity index (χ3n) is 6.86. The third kappa shape index (κ3) is 6.99. The molecule has 0 N–H and O–H groups in total. The molecule has 13 heteroatoms. The first kappa shape index (κ1) is 30.2. The van der Waals surface area contributed by atoms with Gasteiger partial charge in [0, 0.05) is 33.2 Å².